The average molecular weight is 370 g/mol. The van der Waals surface area contributed by atoms with Crippen LogP contribution in [0.4, 0.5) is 5.82 Å². The second-order valence-corrected chi connectivity index (χ2v) is 6.69. The third kappa shape index (κ3) is 5.84. The molecular weight excluding hydrogens is 344 g/mol. The number of carbonyl (C=O) groups excluding carboxylic acids is 2. The van der Waals surface area contributed by atoms with Gasteiger partial charge in [0.15, 0.2) is 5.76 Å². The summed E-state index contributed by atoms with van der Waals surface area (Å²) in [6, 6.07) is 7.26. The summed E-state index contributed by atoms with van der Waals surface area (Å²) in [6.07, 6.45) is 8.50. The summed E-state index contributed by atoms with van der Waals surface area (Å²) in [6.45, 7) is 2.81. The van der Waals surface area contributed by atoms with Gasteiger partial charge in [-0.25, -0.2) is 4.98 Å². The lowest BCUT2D eigenvalue weighted by Gasteiger charge is -2.21. The highest BCUT2D eigenvalue weighted by molar-refractivity contribution is 5.91. The van der Waals surface area contributed by atoms with Gasteiger partial charge in [-0.15, -0.1) is 0 Å². The summed E-state index contributed by atoms with van der Waals surface area (Å²) < 4.78 is 5.00. The number of rotatable bonds is 7. The Bertz CT molecular complexity index is 720. The molecule has 0 bridgehead atoms. The molecule has 7 nitrogen and oxygen atoms in total. The van der Waals surface area contributed by atoms with E-state index in [2.05, 4.69) is 20.5 Å². The molecule has 2 aromatic rings. The molecule has 0 saturated carbocycles. The molecule has 2 amide bonds. The van der Waals surface area contributed by atoms with Crippen molar-refractivity contribution in [3.63, 3.8) is 0 Å². The summed E-state index contributed by atoms with van der Waals surface area (Å²) in [5.74, 6) is 0.811. The fraction of sp³-hybridized carbons (Fsp3) is 0.450. The molecule has 0 unspecified atom stereocenters. The Morgan fingerprint density at radius 1 is 1.07 bits per heavy atom. The molecule has 0 radical (unpaired) electrons. The van der Waals surface area contributed by atoms with E-state index in [1.807, 2.05) is 18.3 Å². The normalized spacial score (nSPS) is 14.4. The van der Waals surface area contributed by atoms with E-state index < -0.39 is 0 Å². The van der Waals surface area contributed by atoms with Crippen molar-refractivity contribution in [1.29, 1.82) is 0 Å². The summed E-state index contributed by atoms with van der Waals surface area (Å²) in [4.78, 5) is 30.5. The Morgan fingerprint density at radius 3 is 2.56 bits per heavy atom. The van der Waals surface area contributed by atoms with Gasteiger partial charge in [0.1, 0.15) is 5.82 Å². The van der Waals surface area contributed by atoms with Crippen molar-refractivity contribution < 1.29 is 14.0 Å². The predicted molar refractivity (Wildman–Crippen MR) is 102 cm³/mol. The van der Waals surface area contributed by atoms with Crippen LogP contribution in [0.25, 0.3) is 0 Å². The third-order valence-corrected chi connectivity index (χ3v) is 4.61. The zero-order valence-electron chi connectivity index (χ0n) is 15.4. The number of pyridine rings is 1. The van der Waals surface area contributed by atoms with Crippen LogP contribution >= 0.6 is 0 Å². The molecule has 3 heterocycles. The number of nitrogens with zero attached hydrogens (tertiary/aromatic N) is 2. The Labute approximate surface area is 159 Å². The zero-order valence-corrected chi connectivity index (χ0v) is 15.4. The molecule has 0 aliphatic carbocycles. The highest BCUT2D eigenvalue weighted by Crippen LogP contribution is 2.17. The van der Waals surface area contributed by atoms with E-state index in [1.54, 1.807) is 12.1 Å². The van der Waals surface area contributed by atoms with Crippen LogP contribution in [0.3, 0.4) is 0 Å². The highest BCUT2D eigenvalue weighted by Gasteiger charge is 2.11. The van der Waals surface area contributed by atoms with Crippen molar-refractivity contribution in [2.75, 3.05) is 24.5 Å². The van der Waals surface area contributed by atoms with Crippen molar-refractivity contribution in [3.8, 4) is 0 Å². The molecule has 0 aromatic carbocycles. The SMILES string of the molecule is O=C(CCNC(=O)c1ccco1)NCc1ccc(N2CCCCCC2)nc1. The number of nitrogens with one attached hydrogen (secondary N) is 2. The van der Waals surface area contributed by atoms with Gasteiger partial charge >= 0.3 is 0 Å². The molecule has 27 heavy (non-hydrogen) atoms. The van der Waals surface area contributed by atoms with E-state index in [-0.39, 0.29) is 30.5 Å². The standard InChI is InChI=1S/C20H26N4O3/c25-19(9-10-21-20(26)17-6-5-13-27-17)23-15-16-7-8-18(22-14-16)24-11-3-1-2-4-12-24/h5-8,13-14H,1-4,9-12,15H2,(H,21,26)(H,23,25). The second-order valence-electron chi connectivity index (χ2n) is 6.69. The lowest BCUT2D eigenvalue weighted by Crippen LogP contribution is -2.30. The van der Waals surface area contributed by atoms with Crippen LogP contribution < -0.4 is 15.5 Å². The lowest BCUT2D eigenvalue weighted by atomic mass is 10.2. The number of hydrogen-bond donors (Lipinski definition) is 2. The molecule has 3 rings (SSSR count). The number of anilines is 1. The minimum absolute atomic E-state index is 0.119. The van der Waals surface area contributed by atoms with E-state index in [1.165, 1.54) is 31.9 Å². The van der Waals surface area contributed by atoms with E-state index in [4.69, 9.17) is 4.42 Å². The van der Waals surface area contributed by atoms with Crippen LogP contribution in [0, 0.1) is 0 Å². The number of furan rings is 1. The van der Waals surface area contributed by atoms with Crippen molar-refractivity contribution in [1.82, 2.24) is 15.6 Å². The fourth-order valence-corrected chi connectivity index (χ4v) is 3.08. The molecule has 1 saturated heterocycles. The summed E-state index contributed by atoms with van der Waals surface area (Å²) in [5, 5.41) is 5.50. The lowest BCUT2D eigenvalue weighted by molar-refractivity contribution is -0.121. The van der Waals surface area contributed by atoms with Crippen LogP contribution in [0.15, 0.2) is 41.1 Å². The Morgan fingerprint density at radius 2 is 1.89 bits per heavy atom. The van der Waals surface area contributed by atoms with Crippen LogP contribution in [0.2, 0.25) is 0 Å². The number of amides is 2. The topological polar surface area (TPSA) is 87.5 Å². The van der Waals surface area contributed by atoms with Crippen molar-refractivity contribution >= 4 is 17.6 Å². The minimum atomic E-state index is -0.318. The molecule has 1 aliphatic rings. The van der Waals surface area contributed by atoms with Crippen LogP contribution in [-0.2, 0) is 11.3 Å². The maximum atomic E-state index is 11.9. The molecule has 2 aromatic heterocycles. The van der Waals surface area contributed by atoms with Crippen molar-refractivity contribution in [2.24, 2.45) is 0 Å². The largest absolute Gasteiger partial charge is 0.459 e. The van der Waals surface area contributed by atoms with Gasteiger partial charge in [0.25, 0.3) is 5.91 Å². The number of aromatic nitrogens is 1. The first kappa shape index (κ1) is 18.9. The third-order valence-electron chi connectivity index (χ3n) is 4.61. The molecular formula is C20H26N4O3. The predicted octanol–water partition coefficient (Wildman–Crippen LogP) is 2.49. The van der Waals surface area contributed by atoms with Gasteiger partial charge in [-0.1, -0.05) is 18.9 Å². The number of hydrogen-bond acceptors (Lipinski definition) is 5. The van der Waals surface area contributed by atoms with Gasteiger partial charge in [0, 0.05) is 38.8 Å². The van der Waals surface area contributed by atoms with Gasteiger partial charge in [0.05, 0.1) is 6.26 Å². The minimum Gasteiger partial charge on any atom is -0.459 e. The van der Waals surface area contributed by atoms with Crippen LogP contribution in [0.1, 0.15) is 48.2 Å². The Hall–Kier alpha value is -2.83. The summed E-state index contributed by atoms with van der Waals surface area (Å²) in [7, 11) is 0. The molecule has 0 spiro atoms. The first-order valence-corrected chi connectivity index (χ1v) is 9.50. The van der Waals surface area contributed by atoms with Gasteiger partial charge in [0.2, 0.25) is 5.91 Å². The second kappa shape index (κ2) is 9.75. The maximum absolute atomic E-state index is 11.9. The summed E-state index contributed by atoms with van der Waals surface area (Å²) >= 11 is 0. The molecule has 1 fully saturated rings. The number of carbonyl (C=O) groups is 2. The van der Waals surface area contributed by atoms with Gasteiger partial charge < -0.3 is 20.0 Å². The molecule has 7 heteroatoms. The molecule has 2 N–H and O–H groups in total. The molecule has 144 valence electrons. The molecule has 0 atom stereocenters. The van der Waals surface area contributed by atoms with E-state index in [0.717, 1.165) is 24.5 Å². The maximum Gasteiger partial charge on any atom is 0.286 e. The van der Waals surface area contributed by atoms with Gasteiger partial charge in [-0.05, 0) is 36.6 Å². The van der Waals surface area contributed by atoms with Crippen LogP contribution in [0.5, 0.6) is 0 Å². The highest BCUT2D eigenvalue weighted by atomic mass is 16.3. The monoisotopic (exact) mass is 370 g/mol. The van der Waals surface area contributed by atoms with Gasteiger partial charge in [-0.3, -0.25) is 9.59 Å². The van der Waals surface area contributed by atoms with E-state index in [0.29, 0.717) is 6.54 Å². The smallest absolute Gasteiger partial charge is 0.286 e. The fourth-order valence-electron chi connectivity index (χ4n) is 3.08. The summed E-state index contributed by atoms with van der Waals surface area (Å²) in [5.41, 5.74) is 0.960. The van der Waals surface area contributed by atoms with Crippen LogP contribution in [-0.4, -0.2) is 36.4 Å². The Kier molecular flexibility index (Phi) is 6.84. The first-order chi connectivity index (χ1) is 13.2. The van der Waals surface area contributed by atoms with Gasteiger partial charge in [-0.2, -0.15) is 0 Å². The van der Waals surface area contributed by atoms with E-state index >= 15 is 0 Å². The van der Waals surface area contributed by atoms with Crippen molar-refractivity contribution in [3.05, 3.63) is 48.0 Å². The molecule has 1 aliphatic heterocycles. The first-order valence-electron chi connectivity index (χ1n) is 9.50. The Balaban J connectivity index is 1.37. The van der Waals surface area contributed by atoms with E-state index in [9.17, 15) is 9.59 Å². The zero-order chi connectivity index (χ0) is 18.9. The van der Waals surface area contributed by atoms with Crippen molar-refractivity contribution in [2.45, 2.75) is 38.6 Å². The quantitative estimate of drug-likeness (QED) is 0.782. The average Bonchev–Trinajstić information content (AvgIpc) is 3.10.